The number of rotatable bonds is 4. The molecule has 2 aromatic carbocycles. The van der Waals surface area contributed by atoms with Crippen molar-refractivity contribution in [2.24, 2.45) is 0 Å². The average molecular weight is 409 g/mol. The molecule has 152 valence electrons. The van der Waals surface area contributed by atoms with E-state index in [1.54, 1.807) is 19.1 Å². The summed E-state index contributed by atoms with van der Waals surface area (Å²) in [6.07, 6.45) is 0.240. The van der Waals surface area contributed by atoms with E-state index < -0.39 is 52.2 Å². The molecule has 30 heavy (non-hydrogen) atoms. The lowest BCUT2D eigenvalue weighted by Gasteiger charge is -2.13. The van der Waals surface area contributed by atoms with E-state index in [2.05, 4.69) is 0 Å². The maximum Gasteiger partial charge on any atom is 0.310 e. The molecule has 0 saturated carbocycles. The zero-order valence-electron chi connectivity index (χ0n) is 15.7. The molecule has 0 radical (unpaired) electrons. The van der Waals surface area contributed by atoms with Crippen molar-refractivity contribution in [2.45, 2.75) is 19.3 Å². The maximum atomic E-state index is 14.9. The molecule has 0 bridgehead atoms. The van der Waals surface area contributed by atoms with Gasteiger partial charge in [-0.1, -0.05) is 37.3 Å². The zero-order chi connectivity index (χ0) is 21.7. The van der Waals surface area contributed by atoms with Gasteiger partial charge in [-0.2, -0.15) is 0 Å². The van der Waals surface area contributed by atoms with Crippen molar-refractivity contribution in [3.8, 4) is 17.4 Å². The fourth-order valence-electron chi connectivity index (χ4n) is 3.83. The topological polar surface area (TPSA) is 117 Å². The number of carbonyl (C=O) groups is 3. The van der Waals surface area contributed by atoms with Gasteiger partial charge in [0.05, 0.1) is 22.7 Å². The summed E-state index contributed by atoms with van der Waals surface area (Å²) in [6, 6.07) is 9.52. The van der Waals surface area contributed by atoms with Crippen molar-refractivity contribution in [1.29, 1.82) is 0 Å². The minimum atomic E-state index is -1.11. The van der Waals surface area contributed by atoms with Crippen LogP contribution < -0.4 is 0 Å². The predicted octanol–water partition coefficient (Wildman–Crippen LogP) is 3.38. The van der Waals surface area contributed by atoms with Gasteiger partial charge in [-0.3, -0.25) is 14.4 Å². The first-order chi connectivity index (χ1) is 14.3. The molecule has 1 aliphatic rings. The SMILES string of the molecule is CCC(C(=O)O)c1ccc(-n2c(O)c3c(c2O)C(=O)c2ccccc2C3=O)c(F)c1. The molecule has 1 aliphatic carbocycles. The van der Waals surface area contributed by atoms with Crippen molar-refractivity contribution < 1.29 is 34.1 Å². The van der Waals surface area contributed by atoms with E-state index in [4.69, 9.17) is 0 Å². The Morgan fingerprint density at radius 1 is 1.00 bits per heavy atom. The summed E-state index contributed by atoms with van der Waals surface area (Å²) in [5, 5.41) is 30.5. The van der Waals surface area contributed by atoms with Gasteiger partial charge in [-0.05, 0) is 24.1 Å². The van der Waals surface area contributed by atoms with Crippen LogP contribution in [0.25, 0.3) is 5.69 Å². The highest BCUT2D eigenvalue weighted by molar-refractivity contribution is 6.30. The number of carbonyl (C=O) groups excluding carboxylic acids is 2. The Bertz CT molecular complexity index is 1180. The van der Waals surface area contributed by atoms with Crippen molar-refractivity contribution >= 4 is 17.5 Å². The monoisotopic (exact) mass is 409 g/mol. The van der Waals surface area contributed by atoms with Crippen molar-refractivity contribution in [3.63, 3.8) is 0 Å². The minimum absolute atomic E-state index is 0.0746. The van der Waals surface area contributed by atoms with Crippen LogP contribution in [0.2, 0.25) is 0 Å². The minimum Gasteiger partial charge on any atom is -0.494 e. The second-order valence-corrected chi connectivity index (χ2v) is 6.95. The van der Waals surface area contributed by atoms with Gasteiger partial charge in [0.2, 0.25) is 11.8 Å². The third kappa shape index (κ3) is 2.61. The van der Waals surface area contributed by atoms with Crippen LogP contribution in [0, 0.1) is 5.82 Å². The van der Waals surface area contributed by atoms with Gasteiger partial charge < -0.3 is 15.3 Å². The van der Waals surface area contributed by atoms with Gasteiger partial charge in [-0.15, -0.1) is 0 Å². The van der Waals surface area contributed by atoms with Gasteiger partial charge in [0.1, 0.15) is 5.82 Å². The number of hydrogen-bond acceptors (Lipinski definition) is 5. The molecule has 8 heteroatoms. The van der Waals surface area contributed by atoms with Gasteiger partial charge in [0.15, 0.2) is 11.6 Å². The van der Waals surface area contributed by atoms with E-state index in [1.807, 2.05) is 0 Å². The van der Waals surface area contributed by atoms with Crippen molar-refractivity contribution in [3.05, 3.63) is 76.1 Å². The third-order valence-corrected chi connectivity index (χ3v) is 5.31. The lowest BCUT2D eigenvalue weighted by atomic mass is 9.86. The normalized spacial score (nSPS) is 13.7. The molecule has 3 aromatic rings. The number of benzene rings is 2. The number of aliphatic carboxylic acids is 1. The summed E-state index contributed by atoms with van der Waals surface area (Å²) in [5.74, 6) is -5.84. The molecule has 1 atom stereocenters. The summed E-state index contributed by atoms with van der Waals surface area (Å²) in [7, 11) is 0. The van der Waals surface area contributed by atoms with E-state index in [9.17, 15) is 34.1 Å². The fraction of sp³-hybridized carbons (Fsp3) is 0.136. The van der Waals surface area contributed by atoms with Crippen LogP contribution in [0.5, 0.6) is 11.8 Å². The first-order valence-corrected chi connectivity index (χ1v) is 9.15. The van der Waals surface area contributed by atoms with Gasteiger partial charge in [0, 0.05) is 11.1 Å². The van der Waals surface area contributed by atoms with E-state index in [-0.39, 0.29) is 28.8 Å². The van der Waals surface area contributed by atoms with Crippen LogP contribution in [-0.2, 0) is 4.79 Å². The van der Waals surface area contributed by atoms with Crippen LogP contribution in [0.15, 0.2) is 42.5 Å². The van der Waals surface area contributed by atoms with Crippen LogP contribution >= 0.6 is 0 Å². The Morgan fingerprint density at radius 2 is 1.53 bits per heavy atom. The summed E-state index contributed by atoms with van der Waals surface area (Å²) in [4.78, 5) is 37.0. The third-order valence-electron chi connectivity index (χ3n) is 5.31. The van der Waals surface area contributed by atoms with Crippen LogP contribution in [0.3, 0.4) is 0 Å². The van der Waals surface area contributed by atoms with Crippen molar-refractivity contribution in [1.82, 2.24) is 4.57 Å². The van der Waals surface area contributed by atoms with E-state index in [0.29, 0.717) is 4.57 Å². The summed E-state index contributed by atoms with van der Waals surface area (Å²) < 4.78 is 15.5. The van der Waals surface area contributed by atoms with E-state index >= 15 is 0 Å². The standard InChI is InChI=1S/C22H16FNO6/c1-2-11(22(29)30)10-7-8-15(14(23)9-10)24-20(27)16-17(21(24)28)19(26)13-6-4-3-5-12(13)18(16)25/h3-9,11,27-28H,2H2,1H3,(H,29,30). The Labute approximate surface area is 169 Å². The molecular weight excluding hydrogens is 393 g/mol. The first kappa shape index (κ1) is 19.4. The molecular formula is C22H16FNO6. The Hall–Kier alpha value is -3.94. The molecule has 0 amide bonds. The fourth-order valence-corrected chi connectivity index (χ4v) is 3.83. The number of nitrogens with zero attached hydrogens (tertiary/aromatic N) is 1. The lowest BCUT2D eigenvalue weighted by Crippen LogP contribution is -2.19. The maximum absolute atomic E-state index is 14.9. The molecule has 1 aromatic heterocycles. The number of carboxylic acid groups (broad SMARTS) is 1. The molecule has 4 rings (SSSR count). The van der Waals surface area contributed by atoms with Crippen LogP contribution in [0.1, 0.15) is 56.7 Å². The Kier molecular flexibility index (Phi) is 4.42. The number of carboxylic acids is 1. The van der Waals surface area contributed by atoms with Gasteiger partial charge in [0.25, 0.3) is 0 Å². The smallest absolute Gasteiger partial charge is 0.310 e. The molecule has 1 heterocycles. The highest BCUT2D eigenvalue weighted by Crippen LogP contribution is 2.43. The van der Waals surface area contributed by atoms with Gasteiger partial charge >= 0.3 is 5.97 Å². The highest BCUT2D eigenvalue weighted by Gasteiger charge is 2.39. The number of halogens is 1. The number of aromatic nitrogens is 1. The largest absolute Gasteiger partial charge is 0.494 e. The molecule has 7 nitrogen and oxygen atoms in total. The van der Waals surface area contributed by atoms with Crippen molar-refractivity contribution in [2.75, 3.05) is 0 Å². The number of aromatic hydroxyl groups is 2. The molecule has 0 saturated heterocycles. The average Bonchev–Trinajstić information content (AvgIpc) is 2.97. The summed E-state index contributed by atoms with van der Waals surface area (Å²) in [5.41, 5.74) is -0.779. The van der Waals surface area contributed by atoms with E-state index in [0.717, 1.165) is 6.07 Å². The molecule has 0 spiro atoms. The van der Waals surface area contributed by atoms with Crippen LogP contribution in [0.4, 0.5) is 4.39 Å². The summed E-state index contributed by atoms with van der Waals surface area (Å²) >= 11 is 0. The number of hydrogen-bond donors (Lipinski definition) is 3. The Morgan fingerprint density at radius 3 is 1.97 bits per heavy atom. The number of ketones is 2. The second-order valence-electron chi connectivity index (χ2n) is 6.95. The molecule has 0 fully saturated rings. The molecule has 1 unspecified atom stereocenters. The van der Waals surface area contributed by atoms with E-state index in [1.165, 1.54) is 24.3 Å². The van der Waals surface area contributed by atoms with Gasteiger partial charge in [-0.25, -0.2) is 8.96 Å². The number of fused-ring (bicyclic) bond motifs is 2. The van der Waals surface area contributed by atoms with Crippen LogP contribution in [-0.4, -0.2) is 37.4 Å². The molecule has 0 aliphatic heterocycles. The highest BCUT2D eigenvalue weighted by atomic mass is 19.1. The molecule has 3 N–H and O–H groups in total. The quantitative estimate of drug-likeness (QED) is 0.476. The zero-order valence-corrected chi connectivity index (χ0v) is 15.7. The summed E-state index contributed by atoms with van der Waals surface area (Å²) in [6.45, 7) is 1.65. The predicted molar refractivity (Wildman–Crippen MR) is 103 cm³/mol. The first-order valence-electron chi connectivity index (χ1n) is 9.15. The second kappa shape index (κ2) is 6.84. The lowest BCUT2D eigenvalue weighted by molar-refractivity contribution is -0.138. The Balaban J connectivity index is 1.90.